The lowest BCUT2D eigenvalue weighted by atomic mass is 11.3. The van der Waals surface area contributed by atoms with Crippen molar-refractivity contribution in [2.75, 3.05) is 0 Å². The van der Waals surface area contributed by atoms with Gasteiger partial charge >= 0.3 is 70.9 Å². The predicted octanol–water partition coefficient (Wildman–Crippen LogP) is -0.458. The first-order valence-corrected chi connectivity index (χ1v) is 27.3. The van der Waals surface area contributed by atoms with Crippen LogP contribution in [0.1, 0.15) is 0 Å². The van der Waals surface area contributed by atoms with E-state index in [2.05, 4.69) is 13.2 Å². The van der Waals surface area contributed by atoms with Gasteiger partial charge in [-0.1, -0.05) is 0 Å². The third kappa shape index (κ3) is 4.74. The molecule has 6 bridgehead atoms. The van der Waals surface area contributed by atoms with E-state index in [0.717, 1.165) is 0 Å². The summed E-state index contributed by atoms with van der Waals surface area (Å²) >= 11 is 0. The van der Waals surface area contributed by atoms with Crippen molar-refractivity contribution in [3.05, 3.63) is 24.6 Å². The van der Waals surface area contributed by atoms with Crippen molar-refractivity contribution in [3.63, 3.8) is 0 Å². The Morgan fingerprint density at radius 2 is 1.03 bits per heavy atom. The fraction of sp³-hybridized carbons (Fsp3) is 0.600. The average Bonchev–Trinajstić information content (AvgIpc) is 2.54. The highest BCUT2D eigenvalue weighted by atomic mass is 28.6. The van der Waals surface area contributed by atoms with Gasteiger partial charge in [0.05, 0.1) is 0 Å². The largest absolute Gasteiger partial charge is 0.506 e. The van der Waals surface area contributed by atoms with Crippen LogP contribution in [0, 0.1) is 0 Å². The van der Waals surface area contributed by atoms with Crippen molar-refractivity contribution in [1.29, 1.82) is 0 Å². The van der Waals surface area contributed by atoms with Crippen molar-refractivity contribution in [1.82, 2.24) is 0 Å². The molecule has 0 aromatic rings. The average molecular weight is 593 g/mol. The van der Waals surface area contributed by atoms with Gasteiger partial charge in [-0.2, -0.15) is 0 Å². The summed E-state index contributed by atoms with van der Waals surface area (Å²) in [6.07, 6.45) is 0. The van der Waals surface area contributed by atoms with Crippen LogP contribution in [0.2, 0.25) is 39.3 Å². The van der Waals surface area contributed by atoms with E-state index in [0.29, 0.717) is 10.5 Å². The van der Waals surface area contributed by atoms with Gasteiger partial charge in [-0.05, 0) is 17.9 Å². The minimum Gasteiger partial charge on any atom is -0.422 e. The molecule has 0 aromatic heterocycles. The summed E-state index contributed by atoms with van der Waals surface area (Å²) in [5.41, 5.74) is 3.02. The highest BCUT2D eigenvalue weighted by molar-refractivity contribution is 7.00. The van der Waals surface area contributed by atoms with Crippen molar-refractivity contribution in [3.8, 4) is 0 Å². The van der Waals surface area contributed by atoms with Crippen molar-refractivity contribution in [2.45, 2.75) is 39.3 Å². The molecule has 176 valence electrons. The minimum atomic E-state index is -3.66. The van der Waals surface area contributed by atoms with Crippen molar-refractivity contribution < 1.29 is 49.4 Å². The third-order valence-corrected chi connectivity index (χ3v) is 39.0. The summed E-state index contributed by atoms with van der Waals surface area (Å²) < 4.78 is 76.6. The molecule has 0 aliphatic carbocycles. The van der Waals surface area contributed by atoms with E-state index in [4.69, 9.17) is 49.4 Å². The van der Waals surface area contributed by atoms with Gasteiger partial charge in [-0.15, -0.1) is 13.2 Å². The van der Waals surface area contributed by atoms with E-state index in [-0.39, 0.29) is 0 Å². The van der Waals surface area contributed by atoms with Crippen LogP contribution < -0.4 is 0 Å². The summed E-state index contributed by atoms with van der Waals surface area (Å²) in [6, 6.07) is 0. The second-order valence-corrected chi connectivity index (χ2v) is 31.7. The lowest BCUT2D eigenvalue weighted by Gasteiger charge is -2.56. The maximum Gasteiger partial charge on any atom is 0.506 e. The summed E-state index contributed by atoms with van der Waals surface area (Å²) in [6.45, 7) is 18.3. The molecule has 4 aliphatic heterocycles. The Hall–Kier alpha value is 0.952. The summed E-state index contributed by atoms with van der Waals surface area (Å²) in [4.78, 5) is 0. The minimum absolute atomic E-state index is 0.314. The van der Waals surface area contributed by atoms with E-state index in [1.807, 2.05) is 6.55 Å². The van der Waals surface area contributed by atoms with E-state index < -0.39 is 70.9 Å². The molecule has 31 heavy (non-hydrogen) atoms. The lowest BCUT2D eigenvalue weighted by molar-refractivity contribution is 0.0183. The van der Waals surface area contributed by atoms with Gasteiger partial charge < -0.3 is 49.4 Å². The van der Waals surface area contributed by atoms with Gasteiger partial charge in [0, 0.05) is 32.7 Å². The molecule has 4 atom stereocenters. The normalized spacial score (nSPS) is 57.2. The van der Waals surface area contributed by atoms with Crippen molar-refractivity contribution in [2.24, 2.45) is 0 Å². The van der Waals surface area contributed by atoms with Crippen LogP contribution in [0.5, 0.6) is 0 Å². The second kappa shape index (κ2) is 7.73. The standard InChI is InChI=1S/C10H28O12Si9/c1-9-30(11-23)20-27(6)14-25(4)12-24(3)13-26(5)15-28(7,21-30)17-29(8,16-27)22-31(10-2,18-25)19-26/h9-10,24H,1-2H2,3-8,23H3. The Labute approximate surface area is 194 Å². The molecule has 4 unspecified atom stereocenters. The summed E-state index contributed by atoms with van der Waals surface area (Å²) in [5, 5.41) is 0. The molecule has 0 saturated carbocycles. The number of hydrogen-bond acceptors (Lipinski definition) is 12. The van der Waals surface area contributed by atoms with Gasteiger partial charge in [-0.25, -0.2) is 0 Å². The topological polar surface area (TPSA) is 111 Å². The molecule has 4 heterocycles. The molecule has 4 aliphatic rings. The van der Waals surface area contributed by atoms with E-state index >= 15 is 0 Å². The second-order valence-electron chi connectivity index (χ2n) is 7.85. The van der Waals surface area contributed by atoms with Crippen LogP contribution >= 0.6 is 0 Å². The van der Waals surface area contributed by atoms with E-state index in [9.17, 15) is 0 Å². The molecule has 0 aromatic carbocycles. The molecular formula is C10H28O12Si9. The van der Waals surface area contributed by atoms with Crippen LogP contribution in [-0.2, 0) is 49.4 Å². The van der Waals surface area contributed by atoms with Crippen molar-refractivity contribution >= 4 is 81.4 Å². The maximum absolute atomic E-state index is 6.48. The fourth-order valence-electron chi connectivity index (χ4n) is 4.05. The molecule has 0 N–H and O–H groups in total. The number of fused-ring (bicyclic) bond motifs is 4. The highest BCUT2D eigenvalue weighted by Gasteiger charge is 2.74. The molecule has 4 saturated heterocycles. The SMILES string of the molecule is C=C[Si]1(O[SiH3])O[Si]2(C)O[Si]3(C)O[SiH](C)O[Si]4(C)O[Si](C)(O[Si](C)(O2)O[Si](C=C)(O3)O4)O1. The van der Waals surface area contributed by atoms with Crippen LogP contribution in [0.3, 0.4) is 0 Å². The fourth-order valence-corrected chi connectivity index (χ4v) is 45.7. The first-order chi connectivity index (χ1) is 14.1. The number of hydrogen-bond donors (Lipinski definition) is 0. The van der Waals surface area contributed by atoms with Crippen LogP contribution in [-0.4, -0.2) is 81.4 Å². The molecule has 4 fully saturated rings. The molecule has 0 radical (unpaired) electrons. The van der Waals surface area contributed by atoms with Gasteiger partial charge in [0.25, 0.3) is 0 Å². The molecule has 21 heteroatoms. The molecule has 4 rings (SSSR count). The Morgan fingerprint density at radius 3 is 1.42 bits per heavy atom. The predicted molar refractivity (Wildman–Crippen MR) is 126 cm³/mol. The van der Waals surface area contributed by atoms with E-state index in [1.54, 1.807) is 32.7 Å². The third-order valence-electron chi connectivity index (χ3n) is 4.67. The van der Waals surface area contributed by atoms with Gasteiger partial charge in [0.1, 0.15) is 10.5 Å². The van der Waals surface area contributed by atoms with Gasteiger partial charge in [-0.3, -0.25) is 0 Å². The monoisotopic (exact) mass is 592 g/mol. The van der Waals surface area contributed by atoms with Gasteiger partial charge in [0.2, 0.25) is 0 Å². The van der Waals surface area contributed by atoms with Crippen LogP contribution in [0.15, 0.2) is 24.6 Å². The Morgan fingerprint density at radius 1 is 0.645 bits per heavy atom. The zero-order valence-electron chi connectivity index (χ0n) is 18.5. The van der Waals surface area contributed by atoms with Crippen LogP contribution in [0.4, 0.5) is 0 Å². The smallest absolute Gasteiger partial charge is 0.422 e. The van der Waals surface area contributed by atoms with E-state index in [1.165, 1.54) is 11.4 Å². The Bertz CT molecular complexity index is 742. The first-order valence-electron chi connectivity index (χ1n) is 9.64. The summed E-state index contributed by atoms with van der Waals surface area (Å²) in [5.74, 6) is 0. The molecule has 0 spiro atoms. The first kappa shape index (κ1) is 25.1. The zero-order chi connectivity index (χ0) is 23.0. The quantitative estimate of drug-likeness (QED) is 0.396. The lowest BCUT2D eigenvalue weighted by Crippen LogP contribution is -2.82. The molecule has 12 nitrogen and oxygen atoms in total. The zero-order valence-corrected chi connectivity index (χ0v) is 28.7. The number of rotatable bonds is 3. The Kier molecular flexibility index (Phi) is 6.24. The highest BCUT2D eigenvalue weighted by Crippen LogP contribution is 2.44. The molecular weight excluding hydrogens is 565 g/mol. The summed E-state index contributed by atoms with van der Waals surface area (Å²) in [7, 11) is -26.8. The Balaban J connectivity index is 1.97. The van der Waals surface area contributed by atoms with Crippen LogP contribution in [0.25, 0.3) is 0 Å². The molecule has 0 amide bonds. The van der Waals surface area contributed by atoms with Gasteiger partial charge in [0.15, 0.2) is 0 Å². The maximum atomic E-state index is 6.48.